The van der Waals surface area contributed by atoms with Gasteiger partial charge in [-0.1, -0.05) is 53.4 Å². The second kappa shape index (κ2) is 13.2. The zero-order valence-corrected chi connectivity index (χ0v) is 26.8. The fourth-order valence-electron chi connectivity index (χ4n) is 5.23. The van der Waals surface area contributed by atoms with Gasteiger partial charge in [0, 0.05) is 31.9 Å². The molecule has 3 aromatic carbocycles. The highest BCUT2D eigenvalue weighted by atomic mass is 32.2. The number of aromatic nitrogens is 3. The minimum Gasteiger partial charge on any atom is -0.495 e. The van der Waals surface area contributed by atoms with Gasteiger partial charge < -0.3 is 19.3 Å². The molecule has 3 heterocycles. The Morgan fingerprint density at radius 1 is 0.932 bits per heavy atom. The summed E-state index contributed by atoms with van der Waals surface area (Å²) < 4.78 is 15.5. The first kappa shape index (κ1) is 29.9. The van der Waals surface area contributed by atoms with Crippen molar-refractivity contribution in [2.45, 2.75) is 12.1 Å². The van der Waals surface area contributed by atoms with Gasteiger partial charge in [-0.2, -0.15) is 0 Å². The van der Waals surface area contributed by atoms with Crippen LogP contribution in [0.4, 0.5) is 5.69 Å². The van der Waals surface area contributed by atoms with Crippen LogP contribution in [0.15, 0.2) is 88.8 Å². The number of nitrogens with zero attached hydrogens (tertiary/aromatic N) is 5. The molecule has 1 aliphatic heterocycles. The monoisotopic (exact) mass is 645 g/mol. The Labute approximate surface area is 268 Å². The van der Waals surface area contributed by atoms with Gasteiger partial charge >= 0.3 is 0 Å². The third-order valence-corrected chi connectivity index (χ3v) is 9.65. The molecule has 0 spiro atoms. The molecule has 1 saturated heterocycles. The number of amides is 1. The van der Waals surface area contributed by atoms with Crippen molar-refractivity contribution in [3.63, 3.8) is 0 Å². The van der Waals surface area contributed by atoms with Gasteiger partial charge in [-0.15, -0.1) is 0 Å². The van der Waals surface area contributed by atoms with Crippen LogP contribution in [0.2, 0.25) is 0 Å². The average molecular weight is 646 g/mol. The molecular formula is C32H31N5O4S3. The largest absolute Gasteiger partial charge is 0.495 e. The number of ether oxygens (including phenoxy) is 2. The van der Waals surface area contributed by atoms with Crippen molar-refractivity contribution in [1.82, 2.24) is 19.0 Å². The maximum Gasteiger partial charge on any atom is 0.278 e. The number of rotatable bonds is 9. The number of fused-ring (bicyclic) bond motifs is 1. The summed E-state index contributed by atoms with van der Waals surface area (Å²) in [5, 5.41) is 0.433. The molecule has 0 N–H and O–H groups in total. The Bertz CT molecular complexity index is 1900. The first-order chi connectivity index (χ1) is 21.5. The maximum absolute atomic E-state index is 14.0. The van der Waals surface area contributed by atoms with E-state index in [1.165, 1.54) is 23.1 Å². The first-order valence-electron chi connectivity index (χ1n) is 14.2. The number of thiazole rings is 1. The minimum absolute atomic E-state index is 0.00250. The number of carbonyl (C=O) groups is 1. The summed E-state index contributed by atoms with van der Waals surface area (Å²) in [6.07, 6.45) is 0. The SMILES string of the molecule is CCOc1ccc(-n2c(=S)sc3c(=O)n(-c4ccccc4)c(SCC(=O)N4CCN(c5ccccc5OC)CC4)nc32)cc1. The van der Waals surface area contributed by atoms with Crippen LogP contribution in [0.3, 0.4) is 0 Å². The normalized spacial score (nSPS) is 13.3. The molecule has 0 saturated carbocycles. The number of hydrogen-bond acceptors (Lipinski definition) is 9. The van der Waals surface area contributed by atoms with Gasteiger partial charge in [0.05, 0.1) is 30.8 Å². The number of anilines is 1. The van der Waals surface area contributed by atoms with Crippen molar-refractivity contribution >= 4 is 57.3 Å². The molecule has 44 heavy (non-hydrogen) atoms. The smallest absolute Gasteiger partial charge is 0.278 e. The van der Waals surface area contributed by atoms with Crippen LogP contribution in [0, 0.1) is 3.95 Å². The summed E-state index contributed by atoms with van der Waals surface area (Å²) in [5.41, 5.74) is 2.75. The lowest BCUT2D eigenvalue weighted by atomic mass is 10.2. The predicted molar refractivity (Wildman–Crippen MR) is 179 cm³/mol. The number of piperazine rings is 1. The Kier molecular flexibility index (Phi) is 9.01. The molecule has 1 amide bonds. The second-order valence-corrected chi connectivity index (χ2v) is 12.6. The van der Waals surface area contributed by atoms with Gasteiger partial charge in [0.1, 0.15) is 16.2 Å². The lowest BCUT2D eigenvalue weighted by molar-refractivity contribution is -0.128. The molecule has 12 heteroatoms. The predicted octanol–water partition coefficient (Wildman–Crippen LogP) is 5.82. The quantitative estimate of drug-likeness (QED) is 0.113. The highest BCUT2D eigenvalue weighted by Crippen LogP contribution is 2.30. The molecule has 5 aromatic rings. The van der Waals surface area contributed by atoms with Gasteiger partial charge in [0.15, 0.2) is 14.8 Å². The van der Waals surface area contributed by atoms with Crippen LogP contribution in [0.1, 0.15) is 6.92 Å². The second-order valence-electron chi connectivity index (χ2n) is 9.98. The molecule has 0 aliphatic carbocycles. The van der Waals surface area contributed by atoms with E-state index in [0.717, 1.165) is 22.9 Å². The third-order valence-electron chi connectivity index (χ3n) is 7.38. The molecule has 0 bridgehead atoms. The summed E-state index contributed by atoms with van der Waals surface area (Å²) in [6, 6.07) is 24.8. The lowest BCUT2D eigenvalue weighted by Crippen LogP contribution is -2.49. The summed E-state index contributed by atoms with van der Waals surface area (Å²) >= 11 is 8.21. The van der Waals surface area contributed by atoms with Crippen LogP contribution in [0.25, 0.3) is 21.7 Å². The molecular weight excluding hydrogens is 615 g/mol. The number of benzene rings is 3. The third kappa shape index (κ3) is 5.97. The Balaban J connectivity index is 1.28. The van der Waals surface area contributed by atoms with Crippen molar-refractivity contribution in [2.24, 2.45) is 0 Å². The zero-order valence-electron chi connectivity index (χ0n) is 24.3. The first-order valence-corrected chi connectivity index (χ1v) is 16.4. The van der Waals surface area contributed by atoms with E-state index in [1.807, 2.05) is 95.3 Å². The molecule has 0 atom stereocenters. The minimum atomic E-state index is -0.220. The van der Waals surface area contributed by atoms with E-state index in [2.05, 4.69) is 4.90 Å². The number of thioether (sulfide) groups is 1. The van der Waals surface area contributed by atoms with Crippen molar-refractivity contribution < 1.29 is 14.3 Å². The lowest BCUT2D eigenvalue weighted by Gasteiger charge is -2.36. The Morgan fingerprint density at radius 3 is 2.32 bits per heavy atom. The standard InChI is InChI=1S/C32H31N5O4S3/c1-3-41-24-15-13-23(14-16-24)36-29-28(44-32(36)42)30(39)37(22-9-5-4-6-10-22)31(33-29)43-21-27(38)35-19-17-34(18-20-35)25-11-7-8-12-26(25)40-2/h4-16H,3,17-21H2,1-2H3. The molecule has 9 nitrogen and oxygen atoms in total. The summed E-state index contributed by atoms with van der Waals surface area (Å²) in [5.74, 6) is 1.71. The molecule has 2 aromatic heterocycles. The number of para-hydroxylation sites is 3. The Hall–Kier alpha value is -4.13. The summed E-state index contributed by atoms with van der Waals surface area (Å²) in [4.78, 5) is 36.5. The number of carbonyl (C=O) groups excluding carboxylic acids is 1. The van der Waals surface area contributed by atoms with E-state index in [0.29, 0.717) is 57.9 Å². The number of methoxy groups -OCH3 is 1. The van der Waals surface area contributed by atoms with Crippen LogP contribution in [-0.4, -0.2) is 70.6 Å². The topological polar surface area (TPSA) is 81.8 Å². The van der Waals surface area contributed by atoms with Crippen LogP contribution in [0.5, 0.6) is 11.5 Å². The summed E-state index contributed by atoms with van der Waals surface area (Å²) in [7, 11) is 1.67. The average Bonchev–Trinajstić information content (AvgIpc) is 3.40. The Morgan fingerprint density at radius 2 is 1.61 bits per heavy atom. The number of hydrogen-bond donors (Lipinski definition) is 0. The van der Waals surface area contributed by atoms with Crippen LogP contribution < -0.4 is 19.9 Å². The highest BCUT2D eigenvalue weighted by molar-refractivity contribution is 7.99. The van der Waals surface area contributed by atoms with Crippen molar-refractivity contribution in [3.05, 3.63) is 93.2 Å². The fourth-order valence-corrected chi connectivity index (χ4v) is 7.44. The van der Waals surface area contributed by atoms with Crippen molar-refractivity contribution in [3.8, 4) is 22.9 Å². The van der Waals surface area contributed by atoms with Gasteiger partial charge in [-0.25, -0.2) is 4.98 Å². The van der Waals surface area contributed by atoms with Crippen molar-refractivity contribution in [1.29, 1.82) is 0 Å². The zero-order chi connectivity index (χ0) is 30.6. The van der Waals surface area contributed by atoms with Gasteiger partial charge in [0.25, 0.3) is 5.56 Å². The van der Waals surface area contributed by atoms with Crippen LogP contribution in [-0.2, 0) is 4.79 Å². The van der Waals surface area contributed by atoms with Gasteiger partial charge in [-0.3, -0.25) is 18.7 Å². The van der Waals surface area contributed by atoms with E-state index in [1.54, 1.807) is 11.7 Å². The molecule has 0 radical (unpaired) electrons. The molecule has 226 valence electrons. The van der Waals surface area contributed by atoms with Crippen LogP contribution >= 0.6 is 35.3 Å². The van der Waals surface area contributed by atoms with E-state index >= 15 is 0 Å². The van der Waals surface area contributed by atoms with E-state index in [-0.39, 0.29) is 17.2 Å². The molecule has 6 rings (SSSR count). The van der Waals surface area contributed by atoms with E-state index in [9.17, 15) is 9.59 Å². The van der Waals surface area contributed by atoms with E-state index in [4.69, 9.17) is 26.7 Å². The van der Waals surface area contributed by atoms with Gasteiger partial charge in [0.2, 0.25) is 5.91 Å². The van der Waals surface area contributed by atoms with Gasteiger partial charge in [-0.05, 0) is 67.7 Å². The molecule has 1 aliphatic rings. The van der Waals surface area contributed by atoms with Crippen molar-refractivity contribution in [2.75, 3.05) is 50.5 Å². The highest BCUT2D eigenvalue weighted by Gasteiger charge is 2.25. The fraction of sp³-hybridized carbons (Fsp3) is 0.250. The van der Waals surface area contributed by atoms with E-state index < -0.39 is 0 Å². The molecule has 1 fully saturated rings. The maximum atomic E-state index is 14.0. The molecule has 0 unspecified atom stereocenters. The summed E-state index contributed by atoms with van der Waals surface area (Å²) in [6.45, 7) is 5.10.